The summed E-state index contributed by atoms with van der Waals surface area (Å²) in [6.07, 6.45) is 4.22. The minimum Gasteiger partial charge on any atom is -0.446 e. The highest BCUT2D eigenvalue weighted by Crippen LogP contribution is 2.40. The van der Waals surface area contributed by atoms with Crippen LogP contribution >= 0.6 is 0 Å². The molecule has 0 bridgehead atoms. The first kappa shape index (κ1) is 37.7. The molecule has 0 aromatic heterocycles. The van der Waals surface area contributed by atoms with Crippen LogP contribution in [0, 0.1) is 25.7 Å². The second-order valence-corrected chi connectivity index (χ2v) is 15.8. The lowest BCUT2D eigenvalue weighted by Gasteiger charge is -2.52. The number of ether oxygens (including phenoxy) is 2. The van der Waals surface area contributed by atoms with Crippen LogP contribution in [-0.2, 0) is 9.47 Å². The Hall–Kier alpha value is -3.10. The Bertz CT molecular complexity index is 1370. The predicted molar refractivity (Wildman–Crippen MR) is 198 cm³/mol. The molecule has 4 rings (SSSR count). The number of carbonyl (C=O) groups excluding carboxylic acids is 2. The standard InChI is InChI=1S/C40H62N4O4/c1-13-37(9)23-33(27(7)39(11,15-3)43-37)47-35(45)41-31-19-17-29(21-25(31)5)30-18-20-32(26(6)22-30)42-36(46)48-34-24-38(10,14-2)44-40(12,16-4)28(34)8/h17-22,27-28,33-34,43-44H,13-16,23-24H2,1-12H3,(H,41,45)(H,42,46). The molecule has 0 saturated carbocycles. The number of rotatable bonds is 9. The van der Waals surface area contributed by atoms with Gasteiger partial charge in [0.05, 0.1) is 0 Å². The third kappa shape index (κ3) is 8.02. The summed E-state index contributed by atoms with van der Waals surface area (Å²) in [6.45, 7) is 26.0. The molecule has 0 aliphatic carbocycles. The molecule has 2 fully saturated rings. The maximum absolute atomic E-state index is 13.1. The zero-order chi connectivity index (χ0) is 35.7. The highest BCUT2D eigenvalue weighted by atomic mass is 16.6. The number of aryl methyl sites for hydroxylation is 2. The summed E-state index contributed by atoms with van der Waals surface area (Å²) >= 11 is 0. The van der Waals surface area contributed by atoms with Gasteiger partial charge in [-0.3, -0.25) is 10.6 Å². The summed E-state index contributed by atoms with van der Waals surface area (Å²) in [7, 11) is 0. The molecule has 48 heavy (non-hydrogen) atoms. The van der Waals surface area contributed by atoms with Gasteiger partial charge >= 0.3 is 12.2 Å². The van der Waals surface area contributed by atoms with Crippen LogP contribution in [0.5, 0.6) is 0 Å². The zero-order valence-electron chi connectivity index (χ0n) is 31.6. The first-order valence-corrected chi connectivity index (χ1v) is 18.2. The number of piperidine rings is 2. The lowest BCUT2D eigenvalue weighted by molar-refractivity contribution is -0.0339. The van der Waals surface area contributed by atoms with Crippen LogP contribution in [-0.4, -0.2) is 46.6 Å². The minimum absolute atomic E-state index is 0.0808. The summed E-state index contributed by atoms with van der Waals surface area (Å²) in [5.74, 6) is 0.363. The average molecular weight is 663 g/mol. The number of amides is 2. The van der Waals surface area contributed by atoms with Crippen molar-refractivity contribution in [2.75, 3.05) is 10.6 Å². The highest BCUT2D eigenvalue weighted by Gasteiger charge is 2.49. The molecule has 4 N–H and O–H groups in total. The number of benzene rings is 2. The first-order chi connectivity index (χ1) is 22.4. The molecule has 266 valence electrons. The van der Waals surface area contributed by atoms with Crippen LogP contribution in [0.25, 0.3) is 11.1 Å². The molecule has 0 radical (unpaired) electrons. The Morgan fingerprint density at radius 3 is 1.31 bits per heavy atom. The third-order valence-corrected chi connectivity index (χ3v) is 12.4. The van der Waals surface area contributed by atoms with Crippen LogP contribution in [0.3, 0.4) is 0 Å². The molecule has 2 aliphatic heterocycles. The van der Waals surface area contributed by atoms with Gasteiger partial charge in [-0.25, -0.2) is 9.59 Å². The third-order valence-electron chi connectivity index (χ3n) is 12.4. The molecule has 2 amide bonds. The predicted octanol–water partition coefficient (Wildman–Crippen LogP) is 9.74. The monoisotopic (exact) mass is 662 g/mol. The van der Waals surface area contributed by atoms with E-state index in [1.54, 1.807) is 0 Å². The molecular formula is C40H62N4O4. The van der Waals surface area contributed by atoms with Gasteiger partial charge in [0.2, 0.25) is 0 Å². The summed E-state index contributed by atoms with van der Waals surface area (Å²) in [6, 6.07) is 12.0. The van der Waals surface area contributed by atoms with Crippen molar-refractivity contribution in [2.24, 2.45) is 11.8 Å². The minimum atomic E-state index is -0.419. The lowest BCUT2D eigenvalue weighted by Crippen LogP contribution is -2.66. The van der Waals surface area contributed by atoms with Crippen LogP contribution in [0.4, 0.5) is 21.0 Å². The van der Waals surface area contributed by atoms with Gasteiger partial charge in [-0.15, -0.1) is 0 Å². The van der Waals surface area contributed by atoms with Gasteiger partial charge in [-0.2, -0.15) is 0 Å². The maximum atomic E-state index is 13.1. The number of carbonyl (C=O) groups is 2. The molecule has 2 aromatic carbocycles. The van der Waals surface area contributed by atoms with Crippen molar-refractivity contribution in [3.63, 3.8) is 0 Å². The van der Waals surface area contributed by atoms with E-state index < -0.39 is 12.2 Å². The average Bonchev–Trinajstić information content (AvgIpc) is 3.04. The highest BCUT2D eigenvalue weighted by molar-refractivity contribution is 5.88. The van der Waals surface area contributed by atoms with E-state index in [1.807, 2.05) is 38.1 Å². The van der Waals surface area contributed by atoms with Crippen LogP contribution in [0.15, 0.2) is 36.4 Å². The number of anilines is 2. The molecule has 0 spiro atoms. The van der Waals surface area contributed by atoms with Gasteiger partial charge in [0.15, 0.2) is 0 Å². The molecule has 8 heteroatoms. The zero-order valence-corrected chi connectivity index (χ0v) is 31.6. The fraction of sp³-hybridized carbons (Fsp3) is 0.650. The van der Waals surface area contributed by atoms with Gasteiger partial charge in [-0.1, -0.05) is 53.7 Å². The summed E-state index contributed by atoms with van der Waals surface area (Å²) < 4.78 is 12.2. The van der Waals surface area contributed by atoms with Gasteiger partial charge in [-0.05, 0) is 114 Å². The number of nitrogens with one attached hydrogen (secondary N) is 4. The van der Waals surface area contributed by atoms with Crippen molar-refractivity contribution < 1.29 is 19.1 Å². The smallest absolute Gasteiger partial charge is 0.411 e. The van der Waals surface area contributed by atoms with Crippen LogP contribution in [0.2, 0.25) is 0 Å². The van der Waals surface area contributed by atoms with E-state index >= 15 is 0 Å². The van der Waals surface area contributed by atoms with Gasteiger partial charge in [0.1, 0.15) is 12.2 Å². The summed E-state index contributed by atoms with van der Waals surface area (Å²) in [5, 5.41) is 13.7. The fourth-order valence-corrected chi connectivity index (χ4v) is 7.87. The van der Waals surface area contributed by atoms with Gasteiger partial charge < -0.3 is 20.1 Å². The Kier molecular flexibility index (Phi) is 11.3. The lowest BCUT2D eigenvalue weighted by atomic mass is 9.70. The van der Waals surface area contributed by atoms with E-state index in [9.17, 15) is 9.59 Å². The van der Waals surface area contributed by atoms with Crippen molar-refractivity contribution >= 4 is 23.6 Å². The van der Waals surface area contributed by atoms with E-state index in [4.69, 9.17) is 9.47 Å². The summed E-state index contributed by atoms with van der Waals surface area (Å²) in [5.41, 5.74) is 5.02. The van der Waals surface area contributed by atoms with Crippen LogP contribution in [0.1, 0.15) is 119 Å². The maximum Gasteiger partial charge on any atom is 0.411 e. The van der Waals surface area contributed by atoms with Crippen molar-refractivity contribution in [2.45, 2.75) is 156 Å². The number of hydrogen-bond acceptors (Lipinski definition) is 6. The molecule has 2 aliphatic rings. The first-order valence-electron chi connectivity index (χ1n) is 18.2. The van der Waals surface area contributed by atoms with E-state index in [0.29, 0.717) is 0 Å². The fourth-order valence-electron chi connectivity index (χ4n) is 7.87. The Morgan fingerprint density at radius 2 is 1.02 bits per heavy atom. The Morgan fingerprint density at radius 1 is 0.667 bits per heavy atom. The second-order valence-electron chi connectivity index (χ2n) is 15.8. The molecule has 2 heterocycles. The van der Waals surface area contributed by atoms with Gasteiger partial charge in [0.25, 0.3) is 0 Å². The molecule has 2 saturated heterocycles. The van der Waals surface area contributed by atoms with Crippen LogP contribution < -0.4 is 21.3 Å². The molecule has 8 atom stereocenters. The van der Waals surface area contributed by atoms with Crippen molar-refractivity contribution in [1.82, 2.24) is 10.6 Å². The van der Waals surface area contributed by atoms with E-state index in [0.717, 1.165) is 72.2 Å². The molecule has 2 aromatic rings. The van der Waals surface area contributed by atoms with Crippen molar-refractivity contribution in [3.05, 3.63) is 47.5 Å². The molecular weight excluding hydrogens is 600 g/mol. The SMILES string of the molecule is CCC1(C)CC(OC(=O)Nc2ccc(-c3ccc(NC(=O)OC4CC(C)(CC)NC(C)(CC)C4C)c(C)c3)cc2C)C(C)C(C)(CC)N1. The van der Waals surface area contributed by atoms with Crippen molar-refractivity contribution in [1.29, 1.82) is 0 Å². The van der Waals surface area contributed by atoms with Crippen molar-refractivity contribution in [3.8, 4) is 11.1 Å². The van der Waals surface area contributed by atoms with E-state index in [2.05, 4.69) is 103 Å². The summed E-state index contributed by atoms with van der Waals surface area (Å²) in [4.78, 5) is 26.3. The van der Waals surface area contributed by atoms with E-state index in [1.165, 1.54) is 0 Å². The quantitative estimate of drug-likeness (QED) is 0.213. The largest absolute Gasteiger partial charge is 0.446 e. The molecule has 8 nitrogen and oxygen atoms in total. The normalized spacial score (nSPS) is 33.5. The Labute approximate surface area is 289 Å². The second kappa shape index (κ2) is 14.4. The Balaban J connectivity index is 1.40. The van der Waals surface area contributed by atoms with E-state index in [-0.39, 0.29) is 46.2 Å². The van der Waals surface area contributed by atoms with Gasteiger partial charge in [0, 0.05) is 58.2 Å². The molecule has 8 unspecified atom stereocenters. The topological polar surface area (TPSA) is 101 Å². The number of hydrogen-bond donors (Lipinski definition) is 4.